The number of ether oxygens (including phenoxy) is 3. The molecular formula is C31H33NO6. The summed E-state index contributed by atoms with van der Waals surface area (Å²) in [7, 11) is 3.17. The molecule has 1 amide bonds. The van der Waals surface area contributed by atoms with Crippen molar-refractivity contribution in [1.82, 2.24) is 4.90 Å². The van der Waals surface area contributed by atoms with E-state index in [-0.39, 0.29) is 11.3 Å². The van der Waals surface area contributed by atoms with Crippen molar-refractivity contribution < 1.29 is 28.9 Å². The molecule has 1 N–H and O–H groups in total. The summed E-state index contributed by atoms with van der Waals surface area (Å²) in [6.07, 6.45) is 0.547. The predicted molar refractivity (Wildman–Crippen MR) is 145 cm³/mol. The van der Waals surface area contributed by atoms with Gasteiger partial charge in [-0.3, -0.25) is 9.59 Å². The highest BCUT2D eigenvalue weighted by Crippen LogP contribution is 2.41. The number of hydrogen-bond donors (Lipinski definition) is 1. The van der Waals surface area contributed by atoms with Gasteiger partial charge in [0.15, 0.2) is 0 Å². The number of aliphatic hydroxyl groups excluding tert-OH is 1. The Balaban J connectivity index is 1.77. The Hall–Kier alpha value is -4.10. The van der Waals surface area contributed by atoms with Crippen molar-refractivity contribution in [2.75, 3.05) is 27.4 Å². The van der Waals surface area contributed by atoms with Crippen molar-refractivity contribution in [1.29, 1.82) is 0 Å². The summed E-state index contributed by atoms with van der Waals surface area (Å²) in [4.78, 5) is 28.1. The topological polar surface area (TPSA) is 85.3 Å². The van der Waals surface area contributed by atoms with Crippen LogP contribution in [0.4, 0.5) is 0 Å². The van der Waals surface area contributed by atoms with Crippen molar-refractivity contribution in [3.63, 3.8) is 0 Å². The minimum absolute atomic E-state index is 0.0558. The van der Waals surface area contributed by atoms with Gasteiger partial charge in [-0.2, -0.15) is 0 Å². The number of nitrogens with zero attached hydrogens (tertiary/aromatic N) is 1. The molecule has 3 aromatic carbocycles. The number of aryl methyl sites for hydroxylation is 2. The second-order valence-electron chi connectivity index (χ2n) is 9.32. The van der Waals surface area contributed by atoms with Crippen LogP contribution in [-0.4, -0.2) is 49.1 Å². The Morgan fingerprint density at radius 1 is 0.947 bits per heavy atom. The number of aliphatic hydroxyl groups is 1. The highest BCUT2D eigenvalue weighted by atomic mass is 16.5. The molecule has 1 atom stereocenters. The molecule has 1 aliphatic rings. The lowest BCUT2D eigenvalue weighted by Crippen LogP contribution is -2.31. The Bertz CT molecular complexity index is 1350. The van der Waals surface area contributed by atoms with Crippen LogP contribution < -0.4 is 9.47 Å². The Kier molecular flexibility index (Phi) is 8.48. The lowest BCUT2D eigenvalue weighted by Gasteiger charge is -2.26. The number of rotatable bonds is 10. The fraction of sp³-hybridized carbons (Fsp3) is 0.290. The molecule has 0 bridgehead atoms. The van der Waals surface area contributed by atoms with Crippen LogP contribution in [0.2, 0.25) is 0 Å². The fourth-order valence-corrected chi connectivity index (χ4v) is 4.76. The van der Waals surface area contributed by atoms with Crippen LogP contribution in [0.5, 0.6) is 11.5 Å². The lowest BCUT2D eigenvalue weighted by molar-refractivity contribution is -0.140. The predicted octanol–water partition coefficient (Wildman–Crippen LogP) is 5.35. The maximum atomic E-state index is 13.4. The van der Waals surface area contributed by atoms with Crippen LogP contribution in [0.25, 0.3) is 5.76 Å². The van der Waals surface area contributed by atoms with E-state index in [1.54, 1.807) is 20.3 Å². The third kappa shape index (κ3) is 5.58. The van der Waals surface area contributed by atoms with Gasteiger partial charge >= 0.3 is 0 Å². The summed E-state index contributed by atoms with van der Waals surface area (Å²) in [5.41, 5.74) is 3.78. The van der Waals surface area contributed by atoms with E-state index in [0.717, 1.165) is 16.7 Å². The summed E-state index contributed by atoms with van der Waals surface area (Å²) in [5, 5.41) is 11.5. The molecule has 0 aliphatic carbocycles. The van der Waals surface area contributed by atoms with Crippen LogP contribution in [0.1, 0.15) is 40.3 Å². The Morgan fingerprint density at radius 2 is 1.71 bits per heavy atom. The van der Waals surface area contributed by atoms with E-state index in [2.05, 4.69) is 0 Å². The van der Waals surface area contributed by atoms with Gasteiger partial charge in [-0.05, 0) is 66.8 Å². The van der Waals surface area contributed by atoms with Gasteiger partial charge < -0.3 is 24.2 Å². The van der Waals surface area contributed by atoms with E-state index < -0.39 is 17.7 Å². The normalized spacial score (nSPS) is 16.6. The van der Waals surface area contributed by atoms with Crippen LogP contribution in [0, 0.1) is 13.8 Å². The number of carbonyl (C=O) groups is 2. The molecule has 0 spiro atoms. The van der Waals surface area contributed by atoms with E-state index in [1.165, 1.54) is 4.90 Å². The molecule has 38 heavy (non-hydrogen) atoms. The molecule has 0 saturated carbocycles. The minimum Gasteiger partial charge on any atom is -0.507 e. The number of carbonyl (C=O) groups excluding carboxylic acids is 2. The minimum atomic E-state index is -0.770. The van der Waals surface area contributed by atoms with Crippen LogP contribution in [0.3, 0.4) is 0 Å². The van der Waals surface area contributed by atoms with Crippen molar-refractivity contribution in [2.24, 2.45) is 0 Å². The molecule has 3 aromatic rings. The SMILES string of the molecule is COCCCN1C(=O)C(=O)/C(=C(/O)c2cc(C)c(OC)cc2C)C1c1cccc(OCc2ccccc2)c1. The first kappa shape index (κ1) is 26.9. The molecule has 7 nitrogen and oxygen atoms in total. The smallest absolute Gasteiger partial charge is 0.295 e. The van der Waals surface area contributed by atoms with Crippen molar-refractivity contribution in [2.45, 2.75) is 32.9 Å². The maximum absolute atomic E-state index is 13.4. The van der Waals surface area contributed by atoms with Gasteiger partial charge in [-0.1, -0.05) is 42.5 Å². The standard InChI is InChI=1S/C31H33NO6/c1-20-17-26(37-4)21(2)16-25(20)29(33)27-28(32(14-9-15-36-3)31(35)30(27)34)23-12-8-13-24(18-23)38-19-22-10-6-5-7-11-22/h5-8,10-13,16-18,28,33H,9,14-15,19H2,1-4H3/b29-27+. The molecule has 1 aliphatic heterocycles. The van der Waals surface area contributed by atoms with Gasteiger partial charge in [0.25, 0.3) is 11.7 Å². The third-order valence-electron chi connectivity index (χ3n) is 6.71. The molecule has 1 saturated heterocycles. The van der Waals surface area contributed by atoms with E-state index in [0.29, 0.717) is 48.8 Å². The number of benzene rings is 3. The quantitative estimate of drug-likeness (QED) is 0.170. The zero-order valence-electron chi connectivity index (χ0n) is 22.2. The largest absolute Gasteiger partial charge is 0.507 e. The zero-order valence-corrected chi connectivity index (χ0v) is 22.2. The summed E-state index contributed by atoms with van der Waals surface area (Å²) in [5.74, 6) is -0.287. The van der Waals surface area contributed by atoms with Crippen molar-refractivity contribution >= 4 is 17.4 Å². The molecule has 0 aromatic heterocycles. The monoisotopic (exact) mass is 515 g/mol. The van der Waals surface area contributed by atoms with E-state index in [1.807, 2.05) is 74.5 Å². The van der Waals surface area contributed by atoms with Crippen molar-refractivity contribution in [3.05, 3.63) is 100 Å². The van der Waals surface area contributed by atoms with E-state index >= 15 is 0 Å². The average molecular weight is 516 g/mol. The van der Waals surface area contributed by atoms with Gasteiger partial charge in [0.05, 0.1) is 18.7 Å². The van der Waals surface area contributed by atoms with Gasteiger partial charge in [0, 0.05) is 25.8 Å². The lowest BCUT2D eigenvalue weighted by atomic mass is 9.93. The Labute approximate surface area is 223 Å². The second-order valence-corrected chi connectivity index (χ2v) is 9.32. The maximum Gasteiger partial charge on any atom is 0.295 e. The first-order valence-electron chi connectivity index (χ1n) is 12.5. The number of likely N-dealkylation sites (tertiary alicyclic amines) is 1. The molecule has 1 heterocycles. The van der Waals surface area contributed by atoms with Crippen LogP contribution in [0.15, 0.2) is 72.3 Å². The van der Waals surface area contributed by atoms with Crippen molar-refractivity contribution in [3.8, 4) is 11.5 Å². The van der Waals surface area contributed by atoms with Crippen LogP contribution in [-0.2, 0) is 20.9 Å². The zero-order chi connectivity index (χ0) is 27.2. The highest BCUT2D eigenvalue weighted by molar-refractivity contribution is 6.46. The second kappa shape index (κ2) is 12.0. The summed E-state index contributed by atoms with van der Waals surface area (Å²) in [6, 6.07) is 19.9. The molecule has 1 unspecified atom stereocenters. The summed E-state index contributed by atoms with van der Waals surface area (Å²) >= 11 is 0. The molecule has 1 fully saturated rings. The summed E-state index contributed by atoms with van der Waals surface area (Å²) < 4.78 is 16.6. The Morgan fingerprint density at radius 3 is 2.42 bits per heavy atom. The van der Waals surface area contributed by atoms with Gasteiger partial charge in [-0.15, -0.1) is 0 Å². The van der Waals surface area contributed by atoms with E-state index in [4.69, 9.17) is 14.2 Å². The highest BCUT2D eigenvalue weighted by Gasteiger charge is 2.46. The molecular weight excluding hydrogens is 482 g/mol. The number of ketones is 1. The number of hydrogen-bond acceptors (Lipinski definition) is 6. The number of Topliss-reactive ketones (excluding diaryl/α,β-unsaturated/α-hetero) is 1. The molecule has 7 heteroatoms. The number of methoxy groups -OCH3 is 2. The molecule has 0 radical (unpaired) electrons. The third-order valence-corrected chi connectivity index (χ3v) is 6.71. The van der Waals surface area contributed by atoms with E-state index in [9.17, 15) is 14.7 Å². The first-order valence-corrected chi connectivity index (χ1v) is 12.5. The average Bonchev–Trinajstić information content (AvgIpc) is 3.18. The number of amides is 1. The van der Waals surface area contributed by atoms with Gasteiger partial charge in [0.2, 0.25) is 0 Å². The molecule has 4 rings (SSSR count). The first-order chi connectivity index (χ1) is 18.3. The fourth-order valence-electron chi connectivity index (χ4n) is 4.76. The molecule has 198 valence electrons. The van der Waals surface area contributed by atoms with Gasteiger partial charge in [-0.25, -0.2) is 0 Å². The van der Waals surface area contributed by atoms with Gasteiger partial charge in [0.1, 0.15) is 23.9 Å². The van der Waals surface area contributed by atoms with Crippen LogP contribution >= 0.6 is 0 Å². The summed E-state index contributed by atoms with van der Waals surface area (Å²) in [6.45, 7) is 4.81.